The van der Waals surface area contributed by atoms with Crippen molar-refractivity contribution >= 4 is 17.4 Å². The number of ether oxygens (including phenoxy) is 3. The van der Waals surface area contributed by atoms with Gasteiger partial charge in [-0.15, -0.1) is 11.3 Å². The molecular weight excluding hydrogens is 302 g/mol. The first kappa shape index (κ1) is 15.8. The number of carbonyl (C=O) groups excluding carboxylic acids is 1. The van der Waals surface area contributed by atoms with Crippen LogP contribution in [0.2, 0.25) is 0 Å². The van der Waals surface area contributed by atoms with Crippen molar-refractivity contribution in [2.45, 2.75) is 58.0 Å². The van der Waals surface area contributed by atoms with Gasteiger partial charge in [-0.25, -0.2) is 4.79 Å². The molecule has 0 unspecified atom stereocenters. The molecule has 1 fully saturated rings. The van der Waals surface area contributed by atoms with Crippen molar-refractivity contribution in [2.24, 2.45) is 0 Å². The molecule has 6 heteroatoms. The van der Waals surface area contributed by atoms with E-state index in [9.17, 15) is 4.79 Å². The zero-order chi connectivity index (χ0) is 15.8. The molecule has 1 N–H and O–H groups in total. The average molecular weight is 325 g/mol. The fourth-order valence-corrected chi connectivity index (χ4v) is 4.13. The predicted molar refractivity (Wildman–Crippen MR) is 83.9 cm³/mol. The Morgan fingerprint density at radius 3 is 2.82 bits per heavy atom. The zero-order valence-corrected chi connectivity index (χ0v) is 14.2. The van der Waals surface area contributed by atoms with E-state index in [1.54, 1.807) is 11.3 Å². The van der Waals surface area contributed by atoms with Gasteiger partial charge in [0.2, 0.25) is 0 Å². The van der Waals surface area contributed by atoms with E-state index >= 15 is 0 Å². The molecule has 0 saturated carbocycles. The molecule has 0 aromatic carbocycles. The van der Waals surface area contributed by atoms with E-state index < -0.39 is 11.4 Å². The molecule has 5 nitrogen and oxygen atoms in total. The number of hydrogen-bond acceptors (Lipinski definition) is 5. The third-order valence-electron chi connectivity index (χ3n) is 3.74. The van der Waals surface area contributed by atoms with Crippen LogP contribution in [0.3, 0.4) is 0 Å². The Balaban J connectivity index is 1.67. The number of hydrogen-bond donors (Lipinski definition) is 1. The average Bonchev–Trinajstić information content (AvgIpc) is 3.03. The molecule has 1 aliphatic heterocycles. The van der Waals surface area contributed by atoms with Gasteiger partial charge >= 0.3 is 6.09 Å². The number of fused-ring (bicyclic) bond motifs is 2. The second-order valence-corrected chi connectivity index (χ2v) is 7.93. The minimum atomic E-state index is -0.533. The van der Waals surface area contributed by atoms with Crippen LogP contribution in [0.25, 0.3) is 0 Å². The minimum absolute atomic E-state index is 0.387. The van der Waals surface area contributed by atoms with Crippen molar-refractivity contribution in [3.8, 4) is 0 Å². The van der Waals surface area contributed by atoms with Gasteiger partial charge in [-0.05, 0) is 39.7 Å². The maximum Gasteiger partial charge on any atom is 0.407 e. The molecule has 122 valence electrons. The maximum absolute atomic E-state index is 11.7. The van der Waals surface area contributed by atoms with Crippen LogP contribution in [-0.4, -0.2) is 24.9 Å². The fraction of sp³-hybridized carbons (Fsp3) is 0.688. The number of thiophene rings is 1. The lowest BCUT2D eigenvalue weighted by molar-refractivity contribution is -0.175. The highest BCUT2D eigenvalue weighted by Gasteiger charge is 2.43. The third-order valence-corrected chi connectivity index (χ3v) is 4.93. The Hall–Kier alpha value is -1.11. The summed E-state index contributed by atoms with van der Waals surface area (Å²) in [6.45, 7) is 7.35. The van der Waals surface area contributed by atoms with Gasteiger partial charge in [0.1, 0.15) is 5.60 Å². The molecule has 0 bridgehead atoms. The van der Waals surface area contributed by atoms with E-state index in [4.69, 9.17) is 14.2 Å². The summed E-state index contributed by atoms with van der Waals surface area (Å²) >= 11 is 1.73. The van der Waals surface area contributed by atoms with Gasteiger partial charge in [0.25, 0.3) is 0 Å². The minimum Gasteiger partial charge on any atom is -0.444 e. The monoisotopic (exact) mass is 325 g/mol. The highest BCUT2D eigenvalue weighted by Crippen LogP contribution is 2.45. The van der Waals surface area contributed by atoms with Crippen LogP contribution in [0.5, 0.6) is 0 Å². The summed E-state index contributed by atoms with van der Waals surface area (Å²) in [4.78, 5) is 14.2. The topological polar surface area (TPSA) is 56.8 Å². The lowest BCUT2D eigenvalue weighted by atomic mass is 9.92. The molecule has 3 rings (SSSR count). The molecule has 2 aliphatic rings. The van der Waals surface area contributed by atoms with E-state index in [0.717, 1.165) is 29.7 Å². The normalized spacial score (nSPS) is 20.0. The largest absolute Gasteiger partial charge is 0.444 e. The van der Waals surface area contributed by atoms with Crippen LogP contribution in [0.15, 0.2) is 6.07 Å². The van der Waals surface area contributed by atoms with E-state index in [1.807, 2.05) is 20.8 Å². The van der Waals surface area contributed by atoms with Crippen molar-refractivity contribution in [2.75, 3.05) is 13.2 Å². The summed E-state index contributed by atoms with van der Waals surface area (Å²) in [6, 6.07) is 2.11. The summed E-state index contributed by atoms with van der Waals surface area (Å²) in [5, 5.41) is 2.81. The summed E-state index contributed by atoms with van der Waals surface area (Å²) in [7, 11) is 0. The first-order valence-corrected chi connectivity index (χ1v) is 8.56. The van der Waals surface area contributed by atoms with Gasteiger partial charge in [-0.3, -0.25) is 0 Å². The third kappa shape index (κ3) is 3.29. The smallest absolute Gasteiger partial charge is 0.407 e. The van der Waals surface area contributed by atoms with E-state index in [0.29, 0.717) is 19.8 Å². The number of aryl methyl sites for hydroxylation is 1. The summed E-state index contributed by atoms with van der Waals surface area (Å²) in [6.07, 6.45) is 2.66. The predicted octanol–water partition coefficient (Wildman–Crippen LogP) is 3.31. The molecular formula is C16H23NO4S. The van der Waals surface area contributed by atoms with Gasteiger partial charge in [0, 0.05) is 21.7 Å². The Morgan fingerprint density at radius 2 is 2.14 bits per heavy atom. The number of rotatable bonds is 2. The van der Waals surface area contributed by atoms with Gasteiger partial charge in [0.05, 0.1) is 19.8 Å². The molecule has 1 saturated heterocycles. The Labute approximate surface area is 134 Å². The Kier molecular flexibility index (Phi) is 4.18. The van der Waals surface area contributed by atoms with E-state index in [2.05, 4.69) is 11.4 Å². The summed E-state index contributed by atoms with van der Waals surface area (Å²) in [5.41, 5.74) is 0.677. The van der Waals surface area contributed by atoms with E-state index in [-0.39, 0.29) is 6.09 Å². The SMILES string of the molecule is CC(C)(C)OC(=O)NCc1cc2c(s1)CCCC21OCCO1. The second-order valence-electron chi connectivity index (χ2n) is 6.71. The first-order chi connectivity index (χ1) is 10.4. The molecule has 1 spiro atoms. The molecule has 1 aromatic rings. The van der Waals surface area contributed by atoms with Crippen molar-refractivity contribution < 1.29 is 19.0 Å². The summed E-state index contributed by atoms with van der Waals surface area (Å²) in [5.74, 6) is -0.533. The van der Waals surface area contributed by atoms with Crippen molar-refractivity contribution in [1.82, 2.24) is 5.32 Å². The number of nitrogens with one attached hydrogen (secondary N) is 1. The molecule has 0 radical (unpaired) electrons. The number of carbonyl (C=O) groups is 1. The van der Waals surface area contributed by atoms with Crippen molar-refractivity contribution in [3.05, 3.63) is 21.4 Å². The lowest BCUT2D eigenvalue weighted by Gasteiger charge is -2.31. The van der Waals surface area contributed by atoms with Crippen molar-refractivity contribution in [3.63, 3.8) is 0 Å². The van der Waals surface area contributed by atoms with Crippen LogP contribution >= 0.6 is 11.3 Å². The zero-order valence-electron chi connectivity index (χ0n) is 13.4. The van der Waals surface area contributed by atoms with Crippen LogP contribution in [0.4, 0.5) is 4.79 Å². The van der Waals surface area contributed by atoms with Crippen molar-refractivity contribution in [1.29, 1.82) is 0 Å². The van der Waals surface area contributed by atoms with Crippen LogP contribution < -0.4 is 5.32 Å². The lowest BCUT2D eigenvalue weighted by Crippen LogP contribution is -2.32. The van der Waals surface area contributed by atoms with Gasteiger partial charge < -0.3 is 19.5 Å². The molecule has 2 heterocycles. The number of alkyl carbamates (subject to hydrolysis) is 1. The van der Waals surface area contributed by atoms with Crippen LogP contribution in [0, 0.1) is 0 Å². The second kappa shape index (κ2) is 5.83. The maximum atomic E-state index is 11.7. The molecule has 0 atom stereocenters. The highest BCUT2D eigenvalue weighted by atomic mass is 32.1. The van der Waals surface area contributed by atoms with Gasteiger partial charge in [-0.1, -0.05) is 0 Å². The first-order valence-electron chi connectivity index (χ1n) is 7.75. The molecule has 1 aromatic heterocycles. The standard InChI is InChI=1S/C16H23NO4S/c1-15(2,3)21-14(18)17-10-11-9-12-13(22-11)5-4-6-16(12)19-7-8-20-16/h9H,4-8,10H2,1-3H3,(H,17,18). The van der Waals surface area contributed by atoms with E-state index in [1.165, 1.54) is 4.88 Å². The molecule has 1 aliphatic carbocycles. The van der Waals surface area contributed by atoms with Gasteiger partial charge in [0.15, 0.2) is 5.79 Å². The highest BCUT2D eigenvalue weighted by molar-refractivity contribution is 7.12. The summed E-state index contributed by atoms with van der Waals surface area (Å²) < 4.78 is 17.0. The van der Waals surface area contributed by atoms with Gasteiger partial charge in [-0.2, -0.15) is 0 Å². The molecule has 22 heavy (non-hydrogen) atoms. The Morgan fingerprint density at radius 1 is 1.41 bits per heavy atom. The van der Waals surface area contributed by atoms with Crippen LogP contribution in [-0.2, 0) is 33.0 Å². The Bertz CT molecular complexity index is 555. The molecule has 1 amide bonds. The quantitative estimate of drug-likeness (QED) is 0.906. The van der Waals surface area contributed by atoms with Crippen LogP contribution in [0.1, 0.15) is 48.9 Å². The fourth-order valence-electron chi connectivity index (χ4n) is 2.92. The number of amides is 1.